The number of halogens is 6. The van der Waals surface area contributed by atoms with Crippen LogP contribution in [0.2, 0.25) is 0 Å². The van der Waals surface area contributed by atoms with Gasteiger partial charge in [0.05, 0.1) is 0 Å². The monoisotopic (exact) mass is 584 g/mol. The molecular formula is C22H18F5IO3S. The molecule has 3 aromatic carbocycles. The standard InChI is InChI=1S/C16H18I.C6HF5O3S/c1-11-5-7-15(9-13(11)3)17-16-8-6-12(2)14(4)10-16;7-1-2(8)4(10)6(15(12,13)14)5(11)3(1)9/h5-10H,1-4H3;(H,12,13,14)/q+1;/p-1. The first kappa shape index (κ1) is 26.2. The van der Waals surface area contributed by atoms with E-state index in [0.717, 1.165) is 0 Å². The largest absolute Gasteiger partial charge is 0.744 e. The van der Waals surface area contributed by atoms with Crippen LogP contribution < -0.4 is 21.2 Å². The molecule has 0 aliphatic heterocycles. The minimum Gasteiger partial charge on any atom is -0.744 e. The summed E-state index contributed by atoms with van der Waals surface area (Å²) >= 11 is -0.0304. The molecule has 0 saturated carbocycles. The predicted octanol–water partition coefficient (Wildman–Crippen LogP) is 2.33. The predicted molar refractivity (Wildman–Crippen MR) is 103 cm³/mol. The van der Waals surface area contributed by atoms with Gasteiger partial charge >= 0.3 is 21.2 Å². The molecule has 0 saturated heterocycles. The molecule has 0 heterocycles. The Bertz CT molecular complexity index is 1200. The molecule has 0 atom stereocenters. The third kappa shape index (κ3) is 6.04. The van der Waals surface area contributed by atoms with E-state index in [4.69, 9.17) is 0 Å². The Morgan fingerprint density at radius 1 is 0.625 bits per heavy atom. The van der Waals surface area contributed by atoms with Crippen LogP contribution in [0.15, 0.2) is 41.3 Å². The first-order valence-corrected chi connectivity index (χ1v) is 12.6. The minimum atomic E-state index is -5.77. The van der Waals surface area contributed by atoms with Crippen LogP contribution in [-0.4, -0.2) is 13.0 Å². The van der Waals surface area contributed by atoms with Gasteiger partial charge in [0.15, 0.2) is 30.4 Å². The third-order valence-corrected chi connectivity index (χ3v) is 8.02. The van der Waals surface area contributed by atoms with Crippen molar-refractivity contribution in [2.24, 2.45) is 0 Å². The molecule has 0 radical (unpaired) electrons. The maximum absolute atomic E-state index is 12.6. The summed E-state index contributed by atoms with van der Waals surface area (Å²) < 4.78 is 95.9. The minimum absolute atomic E-state index is 0.0304. The molecule has 3 nitrogen and oxygen atoms in total. The van der Waals surface area contributed by atoms with Crippen molar-refractivity contribution in [3.8, 4) is 0 Å². The topological polar surface area (TPSA) is 57.2 Å². The number of rotatable bonds is 3. The third-order valence-electron chi connectivity index (χ3n) is 4.58. The average molecular weight is 584 g/mol. The van der Waals surface area contributed by atoms with Gasteiger partial charge in [0.1, 0.15) is 15.0 Å². The van der Waals surface area contributed by atoms with Crippen molar-refractivity contribution in [1.29, 1.82) is 0 Å². The fourth-order valence-electron chi connectivity index (χ4n) is 2.46. The Hall–Kier alpha value is -2.05. The van der Waals surface area contributed by atoms with Crippen LogP contribution in [0.3, 0.4) is 0 Å². The maximum atomic E-state index is 12.6. The van der Waals surface area contributed by atoms with Crippen LogP contribution >= 0.6 is 0 Å². The zero-order valence-corrected chi connectivity index (χ0v) is 20.3. The Kier molecular flexibility index (Phi) is 8.40. The van der Waals surface area contributed by atoms with E-state index in [-0.39, 0.29) is 21.2 Å². The van der Waals surface area contributed by atoms with Crippen molar-refractivity contribution in [3.63, 3.8) is 0 Å². The first-order valence-electron chi connectivity index (χ1n) is 9.00. The second kappa shape index (κ2) is 10.3. The summed E-state index contributed by atoms with van der Waals surface area (Å²) in [5.74, 6) is -12.8. The van der Waals surface area contributed by atoms with Gasteiger partial charge in [0.2, 0.25) is 5.82 Å². The molecular weight excluding hydrogens is 566 g/mol. The zero-order chi connectivity index (χ0) is 24.4. The van der Waals surface area contributed by atoms with Gasteiger partial charge in [-0.15, -0.1) is 0 Å². The van der Waals surface area contributed by atoms with E-state index in [1.807, 2.05) is 0 Å². The summed E-state index contributed by atoms with van der Waals surface area (Å²) in [6, 6.07) is 13.7. The smallest absolute Gasteiger partial charge is 0.357 e. The van der Waals surface area contributed by atoms with Gasteiger partial charge in [0.25, 0.3) is 0 Å². The van der Waals surface area contributed by atoms with Gasteiger partial charge in [-0.05, 0) is 74.2 Å². The highest BCUT2D eigenvalue weighted by atomic mass is 127. The van der Waals surface area contributed by atoms with E-state index in [0.29, 0.717) is 0 Å². The van der Waals surface area contributed by atoms with Crippen LogP contribution in [0.1, 0.15) is 22.3 Å². The van der Waals surface area contributed by atoms with Gasteiger partial charge in [-0.2, -0.15) is 0 Å². The molecule has 0 unspecified atom stereocenters. The zero-order valence-electron chi connectivity index (χ0n) is 17.4. The molecule has 3 rings (SSSR count). The van der Waals surface area contributed by atoms with Crippen molar-refractivity contribution in [2.45, 2.75) is 32.6 Å². The van der Waals surface area contributed by atoms with Crippen LogP contribution in [0, 0.1) is 63.9 Å². The molecule has 0 bridgehead atoms. The normalized spacial score (nSPS) is 11.2. The molecule has 0 spiro atoms. The van der Waals surface area contributed by atoms with Crippen molar-refractivity contribution >= 4 is 10.1 Å². The highest BCUT2D eigenvalue weighted by molar-refractivity contribution is 7.85. The molecule has 3 aromatic rings. The lowest BCUT2D eigenvalue weighted by Gasteiger charge is -2.10. The Morgan fingerprint density at radius 3 is 1.28 bits per heavy atom. The van der Waals surface area contributed by atoms with E-state index in [9.17, 15) is 34.9 Å². The Morgan fingerprint density at radius 2 is 0.969 bits per heavy atom. The fraction of sp³-hybridized carbons (Fsp3) is 0.182. The van der Waals surface area contributed by atoms with Crippen molar-refractivity contribution in [1.82, 2.24) is 0 Å². The number of benzene rings is 3. The number of hydrogen-bond donors (Lipinski definition) is 0. The van der Waals surface area contributed by atoms with Crippen LogP contribution in [-0.2, 0) is 10.1 Å². The van der Waals surface area contributed by atoms with Gasteiger partial charge in [-0.25, -0.2) is 30.4 Å². The summed E-state index contributed by atoms with van der Waals surface area (Å²) in [6.45, 7) is 8.74. The Balaban J connectivity index is 0.000000229. The lowest BCUT2D eigenvalue weighted by atomic mass is 10.1. The van der Waals surface area contributed by atoms with Gasteiger partial charge in [-0.1, -0.05) is 12.1 Å². The first-order chi connectivity index (χ1) is 14.7. The SMILES string of the molecule is Cc1ccc([I+]c2ccc(C)c(C)c2)cc1C.O=S(=O)([O-])c1c(F)c(F)c(F)c(F)c1F. The molecule has 0 aliphatic rings. The number of hydrogen-bond acceptors (Lipinski definition) is 3. The number of aryl methyl sites for hydroxylation is 4. The molecule has 0 amide bonds. The van der Waals surface area contributed by atoms with E-state index in [2.05, 4.69) is 64.1 Å². The fourth-order valence-corrected chi connectivity index (χ4v) is 5.76. The second-order valence-electron chi connectivity index (χ2n) is 6.90. The molecule has 10 heteroatoms. The molecule has 0 fully saturated rings. The van der Waals surface area contributed by atoms with Gasteiger partial charge < -0.3 is 4.55 Å². The average Bonchev–Trinajstić information content (AvgIpc) is 2.70. The van der Waals surface area contributed by atoms with Crippen LogP contribution in [0.4, 0.5) is 22.0 Å². The molecule has 0 aromatic heterocycles. The molecule has 32 heavy (non-hydrogen) atoms. The van der Waals surface area contributed by atoms with E-state index < -0.39 is 44.1 Å². The second-order valence-corrected chi connectivity index (χ2v) is 11.3. The molecule has 0 aliphatic carbocycles. The van der Waals surface area contributed by atoms with E-state index in [1.54, 1.807) is 0 Å². The van der Waals surface area contributed by atoms with E-state index in [1.165, 1.54) is 29.4 Å². The van der Waals surface area contributed by atoms with Gasteiger partial charge in [-0.3, -0.25) is 0 Å². The van der Waals surface area contributed by atoms with Crippen molar-refractivity contribution in [3.05, 3.63) is 94.9 Å². The van der Waals surface area contributed by atoms with Crippen molar-refractivity contribution in [2.75, 3.05) is 0 Å². The summed E-state index contributed by atoms with van der Waals surface area (Å²) in [4.78, 5) is -2.38. The summed E-state index contributed by atoms with van der Waals surface area (Å²) in [6.07, 6.45) is 0. The van der Waals surface area contributed by atoms with E-state index >= 15 is 0 Å². The lowest BCUT2D eigenvalue weighted by Crippen LogP contribution is -3.61. The highest BCUT2D eigenvalue weighted by Gasteiger charge is 2.28. The van der Waals surface area contributed by atoms with Crippen molar-refractivity contribution < 1.29 is 56.1 Å². The summed E-state index contributed by atoms with van der Waals surface area (Å²) in [7, 11) is -5.77. The lowest BCUT2D eigenvalue weighted by molar-refractivity contribution is -0.597. The summed E-state index contributed by atoms with van der Waals surface area (Å²) in [5.41, 5.74) is 5.59. The maximum Gasteiger partial charge on any atom is 0.357 e. The summed E-state index contributed by atoms with van der Waals surface area (Å²) in [5, 5.41) is 0. The van der Waals surface area contributed by atoms with Gasteiger partial charge in [0, 0.05) is 0 Å². The van der Waals surface area contributed by atoms with Crippen LogP contribution in [0.25, 0.3) is 0 Å². The molecule has 0 N–H and O–H groups in total. The molecule has 172 valence electrons. The highest BCUT2D eigenvalue weighted by Crippen LogP contribution is 2.26. The Labute approximate surface area is 193 Å². The van der Waals surface area contributed by atoms with Crippen LogP contribution in [0.5, 0.6) is 0 Å². The quantitative estimate of drug-likeness (QED) is 0.156.